The molecule has 10 heteroatoms. The van der Waals surface area contributed by atoms with Crippen LogP contribution in [0.3, 0.4) is 0 Å². The van der Waals surface area contributed by atoms with E-state index in [4.69, 9.17) is 10.8 Å². The molecule has 146 valence electrons. The summed E-state index contributed by atoms with van der Waals surface area (Å²) in [5, 5.41) is 19.3. The van der Waals surface area contributed by atoms with Crippen LogP contribution in [0.5, 0.6) is 6.01 Å². The summed E-state index contributed by atoms with van der Waals surface area (Å²) in [5.74, 6) is 0.551. The number of rotatable bonds is 4. The number of fused-ring (bicyclic) bond motifs is 1. The number of carboxylic acid groups (broad SMARTS) is 1. The van der Waals surface area contributed by atoms with Crippen LogP contribution in [0.15, 0.2) is 18.3 Å². The maximum Gasteiger partial charge on any atom is 0.306 e. The maximum absolute atomic E-state index is 11.1. The van der Waals surface area contributed by atoms with E-state index in [1.165, 1.54) is 0 Å². The fraction of sp³-hybridized carbons (Fsp3) is 0.389. The first-order chi connectivity index (χ1) is 13.4. The third kappa shape index (κ3) is 3.28. The molecule has 0 atom stereocenters. The minimum atomic E-state index is -0.727. The van der Waals surface area contributed by atoms with Crippen LogP contribution < -0.4 is 10.6 Å². The quantitative estimate of drug-likeness (QED) is 0.604. The van der Waals surface area contributed by atoms with Gasteiger partial charge in [0.15, 0.2) is 17.0 Å². The Morgan fingerprint density at radius 1 is 1.25 bits per heavy atom. The van der Waals surface area contributed by atoms with Crippen molar-refractivity contribution in [2.75, 3.05) is 23.7 Å². The highest BCUT2D eigenvalue weighted by atomic mass is 16.4. The van der Waals surface area contributed by atoms with Gasteiger partial charge < -0.3 is 20.8 Å². The standard InChI is InChI=1S/C18H21N7O3/c1-10-21-15(19)14-16(22-10)25(18(28)23-14)9-11-2-3-13(20-8-11)24-6-4-12(5-7-24)17(26)27/h2-3,8,12H,4-7,9H2,1H3,(H,23,28)(H,26,27)(H2,19,21,22). The number of nitrogens with zero attached hydrogens (tertiary/aromatic N) is 6. The van der Waals surface area contributed by atoms with Gasteiger partial charge in [-0.2, -0.15) is 4.98 Å². The van der Waals surface area contributed by atoms with Gasteiger partial charge in [-0.1, -0.05) is 6.07 Å². The number of carbonyl (C=O) groups is 1. The van der Waals surface area contributed by atoms with Crippen molar-refractivity contribution in [1.82, 2.24) is 24.5 Å². The summed E-state index contributed by atoms with van der Waals surface area (Å²) in [6.07, 6.45) is 2.98. The second-order valence-corrected chi connectivity index (χ2v) is 6.95. The molecule has 1 aliphatic rings. The number of aryl methyl sites for hydroxylation is 1. The predicted molar refractivity (Wildman–Crippen MR) is 102 cm³/mol. The highest BCUT2D eigenvalue weighted by Crippen LogP contribution is 2.25. The van der Waals surface area contributed by atoms with Gasteiger partial charge in [-0.25, -0.2) is 15.0 Å². The van der Waals surface area contributed by atoms with Crippen LogP contribution in [-0.2, 0) is 11.3 Å². The van der Waals surface area contributed by atoms with Gasteiger partial charge in [0.25, 0.3) is 6.01 Å². The molecule has 1 fully saturated rings. The lowest BCUT2D eigenvalue weighted by molar-refractivity contribution is -0.142. The average molecular weight is 383 g/mol. The number of nitrogen functional groups attached to an aromatic ring is 1. The van der Waals surface area contributed by atoms with Crippen LogP contribution in [0.25, 0.3) is 11.2 Å². The molecule has 0 aliphatic carbocycles. The van der Waals surface area contributed by atoms with Gasteiger partial charge >= 0.3 is 5.97 Å². The van der Waals surface area contributed by atoms with Crippen LogP contribution in [-0.4, -0.2) is 53.8 Å². The van der Waals surface area contributed by atoms with Crippen molar-refractivity contribution < 1.29 is 15.0 Å². The smallest absolute Gasteiger partial charge is 0.306 e. The van der Waals surface area contributed by atoms with E-state index in [0.29, 0.717) is 49.5 Å². The second-order valence-electron chi connectivity index (χ2n) is 6.95. The SMILES string of the molecule is Cc1nc(N)c2nc(O)n(Cc3ccc(N4CCC(C(=O)O)CC4)nc3)c2n1. The van der Waals surface area contributed by atoms with Crippen molar-refractivity contribution >= 4 is 28.8 Å². The largest absolute Gasteiger partial charge is 0.481 e. The minimum Gasteiger partial charge on any atom is -0.481 e. The van der Waals surface area contributed by atoms with E-state index in [9.17, 15) is 9.90 Å². The number of aliphatic carboxylic acids is 1. The monoisotopic (exact) mass is 383 g/mol. The molecule has 4 rings (SSSR count). The van der Waals surface area contributed by atoms with Gasteiger partial charge in [-0.05, 0) is 31.4 Å². The first-order valence-electron chi connectivity index (χ1n) is 9.04. The molecule has 1 aliphatic heterocycles. The number of aromatic hydroxyl groups is 1. The van der Waals surface area contributed by atoms with Gasteiger partial charge in [-0.15, -0.1) is 0 Å². The lowest BCUT2D eigenvalue weighted by atomic mass is 9.97. The molecule has 10 nitrogen and oxygen atoms in total. The van der Waals surface area contributed by atoms with Gasteiger partial charge in [0, 0.05) is 19.3 Å². The molecule has 4 N–H and O–H groups in total. The van der Waals surface area contributed by atoms with E-state index in [0.717, 1.165) is 11.4 Å². The Balaban J connectivity index is 1.52. The zero-order valence-electron chi connectivity index (χ0n) is 15.4. The number of hydrogen-bond acceptors (Lipinski definition) is 8. The summed E-state index contributed by atoms with van der Waals surface area (Å²) in [5.41, 5.74) is 7.58. The Morgan fingerprint density at radius 3 is 2.64 bits per heavy atom. The van der Waals surface area contributed by atoms with Gasteiger partial charge in [0.05, 0.1) is 12.5 Å². The number of hydrogen-bond donors (Lipinski definition) is 3. The molecule has 0 amide bonds. The molecule has 28 heavy (non-hydrogen) atoms. The van der Waals surface area contributed by atoms with Crippen LogP contribution >= 0.6 is 0 Å². The number of imidazole rings is 1. The van der Waals surface area contributed by atoms with Crippen molar-refractivity contribution in [3.63, 3.8) is 0 Å². The second kappa shape index (κ2) is 6.95. The number of piperidine rings is 1. The number of nitrogens with two attached hydrogens (primary N) is 1. The van der Waals surface area contributed by atoms with Gasteiger partial charge in [0.1, 0.15) is 11.6 Å². The van der Waals surface area contributed by atoms with Crippen LogP contribution in [0, 0.1) is 12.8 Å². The molecule has 0 aromatic carbocycles. The summed E-state index contributed by atoms with van der Waals surface area (Å²) in [6, 6.07) is 3.65. The number of aromatic nitrogens is 5. The van der Waals surface area contributed by atoms with E-state index in [-0.39, 0.29) is 17.7 Å². The van der Waals surface area contributed by atoms with Crippen LogP contribution in [0.4, 0.5) is 11.6 Å². The molecular formula is C18H21N7O3. The molecule has 0 bridgehead atoms. The molecule has 1 saturated heterocycles. The molecule has 0 spiro atoms. The first-order valence-corrected chi connectivity index (χ1v) is 9.04. The van der Waals surface area contributed by atoms with Crippen molar-refractivity contribution in [2.24, 2.45) is 5.92 Å². The molecule has 0 radical (unpaired) electrons. The highest BCUT2D eigenvalue weighted by Gasteiger charge is 2.25. The topological polar surface area (TPSA) is 143 Å². The predicted octanol–water partition coefficient (Wildman–Crippen LogP) is 1.17. The van der Waals surface area contributed by atoms with E-state index in [1.807, 2.05) is 12.1 Å². The Bertz CT molecular complexity index is 1020. The number of pyridine rings is 1. The summed E-state index contributed by atoms with van der Waals surface area (Å²) in [4.78, 5) is 30.1. The lowest BCUT2D eigenvalue weighted by Crippen LogP contribution is -2.36. The summed E-state index contributed by atoms with van der Waals surface area (Å²) in [6.45, 7) is 3.41. The van der Waals surface area contributed by atoms with Crippen LogP contribution in [0.1, 0.15) is 24.2 Å². The van der Waals surface area contributed by atoms with E-state index in [1.54, 1.807) is 17.7 Å². The number of anilines is 2. The van der Waals surface area contributed by atoms with E-state index in [2.05, 4.69) is 24.8 Å². The molecule has 4 heterocycles. The third-order valence-electron chi connectivity index (χ3n) is 5.03. The van der Waals surface area contributed by atoms with Crippen molar-refractivity contribution in [3.8, 4) is 6.01 Å². The molecule has 3 aromatic heterocycles. The normalized spacial score (nSPS) is 15.2. The third-order valence-corrected chi connectivity index (χ3v) is 5.03. The fourth-order valence-corrected chi connectivity index (χ4v) is 3.50. The molecule has 0 unspecified atom stereocenters. The van der Waals surface area contributed by atoms with Gasteiger partial charge in [-0.3, -0.25) is 9.36 Å². The Hall–Kier alpha value is -3.43. The first kappa shape index (κ1) is 18.0. The van der Waals surface area contributed by atoms with Gasteiger partial charge in [0.2, 0.25) is 0 Å². The van der Waals surface area contributed by atoms with Crippen molar-refractivity contribution in [3.05, 3.63) is 29.7 Å². The number of carboxylic acids is 1. The average Bonchev–Trinajstić information content (AvgIpc) is 2.98. The Labute approximate surface area is 160 Å². The van der Waals surface area contributed by atoms with E-state index >= 15 is 0 Å². The highest BCUT2D eigenvalue weighted by molar-refractivity contribution is 5.82. The van der Waals surface area contributed by atoms with E-state index < -0.39 is 5.97 Å². The molecular weight excluding hydrogens is 362 g/mol. The van der Waals surface area contributed by atoms with Crippen molar-refractivity contribution in [2.45, 2.75) is 26.3 Å². The molecule has 3 aromatic rings. The Kier molecular flexibility index (Phi) is 4.46. The van der Waals surface area contributed by atoms with Crippen LogP contribution in [0.2, 0.25) is 0 Å². The summed E-state index contributed by atoms with van der Waals surface area (Å²) >= 11 is 0. The summed E-state index contributed by atoms with van der Waals surface area (Å²) < 4.78 is 1.56. The molecule has 0 saturated carbocycles. The fourth-order valence-electron chi connectivity index (χ4n) is 3.50. The minimum absolute atomic E-state index is 0.179. The zero-order chi connectivity index (χ0) is 19.8. The summed E-state index contributed by atoms with van der Waals surface area (Å²) in [7, 11) is 0. The Morgan fingerprint density at radius 2 is 2.00 bits per heavy atom. The lowest BCUT2D eigenvalue weighted by Gasteiger charge is -2.31. The zero-order valence-corrected chi connectivity index (χ0v) is 15.4. The van der Waals surface area contributed by atoms with Crippen molar-refractivity contribution in [1.29, 1.82) is 0 Å². The maximum atomic E-state index is 11.1.